The van der Waals surface area contributed by atoms with Gasteiger partial charge in [0.25, 0.3) is 10.0 Å². The van der Waals surface area contributed by atoms with Gasteiger partial charge in [0.1, 0.15) is 0 Å². The van der Waals surface area contributed by atoms with Crippen LogP contribution in [-0.4, -0.2) is 25.6 Å². The maximum absolute atomic E-state index is 13.1. The van der Waals surface area contributed by atoms with Crippen LogP contribution in [-0.2, 0) is 10.0 Å². The molecule has 0 aliphatic carbocycles. The first-order chi connectivity index (χ1) is 11.8. The summed E-state index contributed by atoms with van der Waals surface area (Å²) in [5.41, 5.74) is 2.86. The van der Waals surface area contributed by atoms with Crippen molar-refractivity contribution in [2.24, 2.45) is 0 Å². The average Bonchev–Trinajstić information content (AvgIpc) is 3.01. The lowest BCUT2D eigenvalue weighted by atomic mass is 10.1. The summed E-state index contributed by atoms with van der Waals surface area (Å²) in [6.45, 7) is 5.38. The minimum absolute atomic E-state index is 0.219. The minimum Gasteiger partial charge on any atom is -0.339 e. The molecule has 0 saturated carbocycles. The SMILES string of the molecule is Cc1cccc(N(C)S(=O)(=O)c2cc(-c3noc(C)n3)ccc2C)c1. The molecule has 0 atom stereocenters. The van der Waals surface area contributed by atoms with Gasteiger partial charge in [-0.25, -0.2) is 8.42 Å². The fourth-order valence-corrected chi connectivity index (χ4v) is 3.98. The zero-order chi connectivity index (χ0) is 18.2. The third-order valence-electron chi connectivity index (χ3n) is 3.98. The van der Waals surface area contributed by atoms with Crippen LogP contribution in [0.4, 0.5) is 5.69 Å². The number of hydrogen-bond donors (Lipinski definition) is 0. The van der Waals surface area contributed by atoms with Crippen molar-refractivity contribution in [2.75, 3.05) is 11.4 Å². The second kappa shape index (κ2) is 6.33. The number of rotatable bonds is 4. The first-order valence-electron chi connectivity index (χ1n) is 7.76. The van der Waals surface area contributed by atoms with Gasteiger partial charge >= 0.3 is 0 Å². The summed E-state index contributed by atoms with van der Waals surface area (Å²) in [7, 11) is -2.17. The Bertz CT molecular complexity index is 1030. The quantitative estimate of drug-likeness (QED) is 0.714. The van der Waals surface area contributed by atoms with Crippen molar-refractivity contribution in [3.8, 4) is 11.4 Å². The van der Waals surface area contributed by atoms with Gasteiger partial charge in [-0.05, 0) is 43.2 Å². The molecule has 25 heavy (non-hydrogen) atoms. The Morgan fingerprint density at radius 3 is 2.44 bits per heavy atom. The van der Waals surface area contributed by atoms with E-state index < -0.39 is 10.0 Å². The van der Waals surface area contributed by atoms with E-state index in [4.69, 9.17) is 4.52 Å². The summed E-state index contributed by atoms with van der Waals surface area (Å²) in [6.07, 6.45) is 0. The van der Waals surface area contributed by atoms with Gasteiger partial charge in [-0.2, -0.15) is 4.98 Å². The molecule has 0 aliphatic heterocycles. The number of aromatic nitrogens is 2. The Hall–Kier alpha value is -2.67. The lowest BCUT2D eigenvalue weighted by Crippen LogP contribution is -2.27. The molecule has 0 N–H and O–H groups in total. The van der Waals surface area contributed by atoms with Crippen LogP contribution in [0.25, 0.3) is 11.4 Å². The van der Waals surface area contributed by atoms with Crippen molar-refractivity contribution < 1.29 is 12.9 Å². The van der Waals surface area contributed by atoms with Gasteiger partial charge in [0, 0.05) is 19.5 Å². The molecule has 3 rings (SSSR count). The highest BCUT2D eigenvalue weighted by molar-refractivity contribution is 7.92. The van der Waals surface area contributed by atoms with E-state index in [-0.39, 0.29) is 4.90 Å². The van der Waals surface area contributed by atoms with Crippen LogP contribution in [0.3, 0.4) is 0 Å². The second-order valence-electron chi connectivity index (χ2n) is 5.93. The summed E-state index contributed by atoms with van der Waals surface area (Å²) in [5, 5.41) is 3.86. The van der Waals surface area contributed by atoms with Gasteiger partial charge in [0.15, 0.2) is 0 Å². The number of nitrogens with zero attached hydrogens (tertiary/aromatic N) is 3. The molecule has 0 radical (unpaired) electrons. The normalized spacial score (nSPS) is 11.5. The molecule has 6 nitrogen and oxygen atoms in total. The zero-order valence-electron chi connectivity index (χ0n) is 14.5. The van der Waals surface area contributed by atoms with Crippen LogP contribution in [0, 0.1) is 20.8 Å². The molecule has 1 heterocycles. The van der Waals surface area contributed by atoms with Crippen molar-refractivity contribution in [2.45, 2.75) is 25.7 Å². The van der Waals surface area contributed by atoms with E-state index in [9.17, 15) is 8.42 Å². The zero-order valence-corrected chi connectivity index (χ0v) is 15.3. The van der Waals surface area contributed by atoms with Gasteiger partial charge < -0.3 is 4.52 Å². The molecule has 2 aromatic carbocycles. The summed E-state index contributed by atoms with van der Waals surface area (Å²) in [6, 6.07) is 12.5. The largest absolute Gasteiger partial charge is 0.339 e. The van der Waals surface area contributed by atoms with Gasteiger partial charge in [-0.3, -0.25) is 4.31 Å². The molecular formula is C18H19N3O3S. The van der Waals surface area contributed by atoms with Crippen LogP contribution in [0.5, 0.6) is 0 Å². The van der Waals surface area contributed by atoms with Crippen LogP contribution >= 0.6 is 0 Å². The second-order valence-corrected chi connectivity index (χ2v) is 7.87. The van der Waals surface area contributed by atoms with Crippen LogP contribution in [0.1, 0.15) is 17.0 Å². The smallest absolute Gasteiger partial charge is 0.264 e. The predicted molar refractivity (Wildman–Crippen MR) is 96.0 cm³/mol. The number of hydrogen-bond acceptors (Lipinski definition) is 5. The summed E-state index contributed by atoms with van der Waals surface area (Å²) in [5.74, 6) is 0.795. The summed E-state index contributed by atoms with van der Waals surface area (Å²) >= 11 is 0. The van der Waals surface area contributed by atoms with Crippen LogP contribution < -0.4 is 4.31 Å². The maximum Gasteiger partial charge on any atom is 0.264 e. The molecule has 0 saturated heterocycles. The highest BCUT2D eigenvalue weighted by atomic mass is 32.2. The number of benzene rings is 2. The number of anilines is 1. The van der Waals surface area contributed by atoms with E-state index in [1.807, 2.05) is 25.1 Å². The van der Waals surface area contributed by atoms with Gasteiger partial charge in [-0.1, -0.05) is 29.4 Å². The molecule has 0 bridgehead atoms. The monoisotopic (exact) mass is 357 g/mol. The molecule has 0 unspecified atom stereocenters. The number of sulfonamides is 1. The molecule has 1 aromatic heterocycles. The van der Waals surface area contributed by atoms with E-state index in [1.54, 1.807) is 45.2 Å². The fraction of sp³-hybridized carbons (Fsp3) is 0.222. The standard InChI is InChI=1S/C18H19N3O3S/c1-12-6-5-7-16(10-12)21(4)25(22,23)17-11-15(9-8-13(17)2)18-19-14(3)24-20-18/h5-11H,1-4H3. The van der Waals surface area contributed by atoms with Crippen LogP contribution in [0.15, 0.2) is 51.9 Å². The molecule has 0 spiro atoms. The maximum atomic E-state index is 13.1. The first kappa shape index (κ1) is 17.2. The van der Waals surface area contributed by atoms with Crippen LogP contribution in [0.2, 0.25) is 0 Å². The van der Waals surface area contributed by atoms with E-state index in [0.29, 0.717) is 28.5 Å². The Kier molecular flexibility index (Phi) is 4.34. The highest BCUT2D eigenvalue weighted by Crippen LogP contribution is 2.28. The van der Waals surface area contributed by atoms with E-state index in [1.165, 1.54) is 4.31 Å². The fourth-order valence-electron chi connectivity index (χ4n) is 2.54. The molecule has 7 heteroatoms. The lowest BCUT2D eigenvalue weighted by molar-refractivity contribution is 0.394. The van der Waals surface area contributed by atoms with Gasteiger partial charge in [0.2, 0.25) is 11.7 Å². The van der Waals surface area contributed by atoms with Gasteiger partial charge in [-0.15, -0.1) is 0 Å². The summed E-state index contributed by atoms with van der Waals surface area (Å²) < 4.78 is 32.5. The van der Waals surface area contributed by atoms with E-state index in [0.717, 1.165) is 5.56 Å². The molecule has 130 valence electrons. The average molecular weight is 357 g/mol. The first-order valence-corrected chi connectivity index (χ1v) is 9.20. The Morgan fingerprint density at radius 2 is 1.80 bits per heavy atom. The molecule has 0 fully saturated rings. The summed E-state index contributed by atoms with van der Waals surface area (Å²) in [4.78, 5) is 4.38. The Labute approximate surface area is 147 Å². The highest BCUT2D eigenvalue weighted by Gasteiger charge is 2.24. The topological polar surface area (TPSA) is 76.3 Å². The molecule has 0 aliphatic rings. The number of aryl methyl sites for hydroxylation is 3. The minimum atomic E-state index is -3.72. The third-order valence-corrected chi connectivity index (χ3v) is 5.91. The molecular weight excluding hydrogens is 338 g/mol. The van der Waals surface area contributed by atoms with Gasteiger partial charge in [0.05, 0.1) is 10.6 Å². The van der Waals surface area contributed by atoms with E-state index in [2.05, 4.69) is 10.1 Å². The van der Waals surface area contributed by atoms with Crippen molar-refractivity contribution in [1.29, 1.82) is 0 Å². The van der Waals surface area contributed by atoms with E-state index >= 15 is 0 Å². The Morgan fingerprint density at radius 1 is 1.04 bits per heavy atom. The van der Waals surface area contributed by atoms with Crippen molar-refractivity contribution in [3.05, 3.63) is 59.5 Å². The predicted octanol–water partition coefficient (Wildman–Crippen LogP) is 3.49. The Balaban J connectivity index is 2.07. The third kappa shape index (κ3) is 3.28. The van der Waals surface area contributed by atoms with Crippen molar-refractivity contribution in [3.63, 3.8) is 0 Å². The lowest BCUT2D eigenvalue weighted by Gasteiger charge is -2.21. The molecule has 0 amide bonds. The molecule has 3 aromatic rings. The van der Waals surface area contributed by atoms with Crippen molar-refractivity contribution in [1.82, 2.24) is 10.1 Å². The van der Waals surface area contributed by atoms with Crippen molar-refractivity contribution >= 4 is 15.7 Å².